The maximum absolute atomic E-state index is 14.2. The number of carbonyl (C=O) groups is 2. The van der Waals surface area contributed by atoms with Gasteiger partial charge >= 0.3 is 0 Å². The Morgan fingerprint density at radius 1 is 1.02 bits per heavy atom. The van der Waals surface area contributed by atoms with Crippen LogP contribution in [-0.4, -0.2) is 50.9 Å². The summed E-state index contributed by atoms with van der Waals surface area (Å²) in [5, 5.41) is 3.10. The van der Waals surface area contributed by atoms with E-state index >= 15 is 0 Å². The summed E-state index contributed by atoms with van der Waals surface area (Å²) in [4.78, 5) is 29.0. The molecular weight excluding hydrogens is 557 g/mol. The predicted octanol–water partition coefficient (Wildman–Crippen LogP) is 5.20. The van der Waals surface area contributed by atoms with E-state index in [2.05, 4.69) is 5.32 Å². The van der Waals surface area contributed by atoms with E-state index in [1.165, 1.54) is 17.0 Å². The van der Waals surface area contributed by atoms with Gasteiger partial charge in [-0.05, 0) is 80.3 Å². The number of benzene rings is 3. The molecule has 1 atom stereocenters. The summed E-state index contributed by atoms with van der Waals surface area (Å²) in [5.41, 5.74) is 1.93. The Kier molecular flexibility index (Phi) is 10.2. The standard InChI is InChI=1S/C32H38FN3O5S/c1-4-30(32(38)34-26-9-5-6-10-26)35(21-24-8-7-11-28(20-24)41-3)31(37)22-36(27-16-12-23(2)13-17-27)42(39,40)29-18-14-25(33)15-19-29/h7-8,11-20,26,30H,4-6,9-10,21-22H2,1-3H3,(H,34,38). The van der Waals surface area contributed by atoms with Gasteiger partial charge in [-0.2, -0.15) is 0 Å². The van der Waals surface area contributed by atoms with E-state index < -0.39 is 34.3 Å². The Morgan fingerprint density at radius 2 is 1.69 bits per heavy atom. The molecule has 1 N–H and O–H groups in total. The lowest BCUT2D eigenvalue weighted by Gasteiger charge is -2.34. The van der Waals surface area contributed by atoms with Crippen molar-refractivity contribution in [3.8, 4) is 5.75 Å². The van der Waals surface area contributed by atoms with Gasteiger partial charge < -0.3 is 15.0 Å². The van der Waals surface area contributed by atoms with Crippen LogP contribution in [0, 0.1) is 12.7 Å². The average molecular weight is 596 g/mol. The first-order valence-corrected chi connectivity index (χ1v) is 15.6. The van der Waals surface area contributed by atoms with E-state index in [1.54, 1.807) is 49.6 Å². The van der Waals surface area contributed by atoms with Crippen molar-refractivity contribution in [3.63, 3.8) is 0 Å². The zero-order valence-corrected chi connectivity index (χ0v) is 25.1. The van der Waals surface area contributed by atoms with Gasteiger partial charge in [0.1, 0.15) is 24.2 Å². The fourth-order valence-electron chi connectivity index (χ4n) is 5.23. The molecule has 1 saturated carbocycles. The molecule has 1 aliphatic rings. The topological polar surface area (TPSA) is 96.0 Å². The van der Waals surface area contributed by atoms with Crippen LogP contribution in [-0.2, 0) is 26.2 Å². The quantitative estimate of drug-likeness (QED) is 0.310. The number of anilines is 1. The molecule has 224 valence electrons. The molecule has 0 bridgehead atoms. The number of aryl methyl sites for hydroxylation is 1. The highest BCUT2D eigenvalue weighted by molar-refractivity contribution is 7.92. The average Bonchev–Trinajstić information content (AvgIpc) is 3.49. The first-order chi connectivity index (χ1) is 20.1. The maximum Gasteiger partial charge on any atom is 0.264 e. The third kappa shape index (κ3) is 7.47. The van der Waals surface area contributed by atoms with Crippen molar-refractivity contribution in [3.05, 3.63) is 89.7 Å². The summed E-state index contributed by atoms with van der Waals surface area (Å²) in [6, 6.07) is 17.7. The van der Waals surface area contributed by atoms with Crippen molar-refractivity contribution in [2.75, 3.05) is 18.0 Å². The van der Waals surface area contributed by atoms with E-state index in [0.717, 1.165) is 53.2 Å². The number of methoxy groups -OCH3 is 1. The molecule has 42 heavy (non-hydrogen) atoms. The van der Waals surface area contributed by atoms with Crippen LogP contribution in [0.15, 0.2) is 77.7 Å². The van der Waals surface area contributed by atoms with Crippen molar-refractivity contribution < 1.29 is 27.1 Å². The van der Waals surface area contributed by atoms with Crippen LogP contribution in [0.25, 0.3) is 0 Å². The summed E-state index contributed by atoms with van der Waals surface area (Å²) >= 11 is 0. The van der Waals surface area contributed by atoms with Crippen molar-refractivity contribution in [2.45, 2.75) is 69.5 Å². The number of nitrogens with one attached hydrogen (secondary N) is 1. The van der Waals surface area contributed by atoms with E-state index in [4.69, 9.17) is 4.74 Å². The van der Waals surface area contributed by atoms with E-state index in [0.29, 0.717) is 12.2 Å². The van der Waals surface area contributed by atoms with Crippen LogP contribution in [0.2, 0.25) is 0 Å². The molecule has 0 spiro atoms. The maximum atomic E-state index is 14.2. The van der Waals surface area contributed by atoms with Gasteiger partial charge in [-0.3, -0.25) is 13.9 Å². The molecule has 1 aliphatic carbocycles. The molecule has 0 heterocycles. The van der Waals surface area contributed by atoms with Crippen LogP contribution < -0.4 is 14.4 Å². The highest BCUT2D eigenvalue weighted by atomic mass is 32.2. The van der Waals surface area contributed by atoms with E-state index in [-0.39, 0.29) is 29.1 Å². The molecule has 1 fully saturated rings. The number of carbonyl (C=O) groups excluding carboxylic acids is 2. The van der Waals surface area contributed by atoms with E-state index in [9.17, 15) is 22.4 Å². The number of nitrogens with zero attached hydrogens (tertiary/aromatic N) is 2. The molecular formula is C32H38FN3O5S. The predicted molar refractivity (Wildman–Crippen MR) is 160 cm³/mol. The van der Waals surface area contributed by atoms with Gasteiger partial charge in [0.05, 0.1) is 17.7 Å². The number of ether oxygens (including phenoxy) is 1. The second-order valence-electron chi connectivity index (χ2n) is 10.6. The Balaban J connectivity index is 1.71. The van der Waals surface area contributed by atoms with Gasteiger partial charge in [0.2, 0.25) is 11.8 Å². The summed E-state index contributed by atoms with van der Waals surface area (Å²) in [6.45, 7) is 3.22. The summed E-state index contributed by atoms with van der Waals surface area (Å²) in [7, 11) is -2.72. The number of sulfonamides is 1. The third-order valence-corrected chi connectivity index (χ3v) is 9.37. The van der Waals surface area contributed by atoms with Crippen LogP contribution in [0.5, 0.6) is 5.75 Å². The van der Waals surface area contributed by atoms with Gasteiger partial charge in [-0.15, -0.1) is 0 Å². The van der Waals surface area contributed by atoms with Crippen LogP contribution in [0.1, 0.15) is 50.2 Å². The van der Waals surface area contributed by atoms with Crippen LogP contribution >= 0.6 is 0 Å². The first kappa shape index (κ1) is 31.0. The molecule has 1 unspecified atom stereocenters. The van der Waals surface area contributed by atoms with Crippen molar-refractivity contribution in [1.29, 1.82) is 0 Å². The molecule has 3 aromatic carbocycles. The van der Waals surface area contributed by atoms with Crippen LogP contribution in [0.3, 0.4) is 0 Å². The smallest absolute Gasteiger partial charge is 0.264 e. The number of hydrogen-bond acceptors (Lipinski definition) is 5. The lowest BCUT2D eigenvalue weighted by Crippen LogP contribution is -2.53. The largest absolute Gasteiger partial charge is 0.497 e. The molecule has 0 radical (unpaired) electrons. The summed E-state index contributed by atoms with van der Waals surface area (Å²) in [6.07, 6.45) is 4.21. The number of hydrogen-bond donors (Lipinski definition) is 1. The number of halogens is 1. The minimum Gasteiger partial charge on any atom is -0.497 e. The monoisotopic (exact) mass is 595 g/mol. The Hall–Kier alpha value is -3.92. The number of rotatable bonds is 12. The number of amides is 2. The SMILES string of the molecule is CCC(C(=O)NC1CCCC1)N(Cc1cccc(OC)c1)C(=O)CN(c1ccc(C)cc1)S(=O)(=O)c1ccc(F)cc1. The molecule has 10 heteroatoms. The van der Waals surface area contributed by atoms with Crippen LogP contribution in [0.4, 0.5) is 10.1 Å². The van der Waals surface area contributed by atoms with Crippen molar-refractivity contribution in [1.82, 2.24) is 10.2 Å². The molecule has 0 saturated heterocycles. The first-order valence-electron chi connectivity index (χ1n) is 14.2. The highest BCUT2D eigenvalue weighted by Crippen LogP contribution is 2.26. The normalized spacial score (nSPS) is 14.3. The second kappa shape index (κ2) is 13.8. The second-order valence-corrected chi connectivity index (χ2v) is 12.5. The van der Waals surface area contributed by atoms with E-state index in [1.807, 2.05) is 19.9 Å². The van der Waals surface area contributed by atoms with Gasteiger partial charge in [-0.1, -0.05) is 49.6 Å². The molecule has 8 nitrogen and oxygen atoms in total. The molecule has 0 aliphatic heterocycles. The fraction of sp³-hybridized carbons (Fsp3) is 0.375. The van der Waals surface area contributed by atoms with Crippen molar-refractivity contribution in [2.24, 2.45) is 0 Å². The fourth-order valence-corrected chi connectivity index (χ4v) is 6.64. The summed E-state index contributed by atoms with van der Waals surface area (Å²) < 4.78 is 47.8. The Morgan fingerprint density at radius 3 is 2.31 bits per heavy atom. The van der Waals surface area contributed by atoms with Crippen molar-refractivity contribution >= 4 is 27.5 Å². The molecule has 4 rings (SSSR count). The lowest BCUT2D eigenvalue weighted by molar-refractivity contribution is -0.140. The Labute approximate surface area is 247 Å². The molecule has 3 aromatic rings. The minimum atomic E-state index is -4.27. The van der Waals surface area contributed by atoms with Gasteiger partial charge in [0.25, 0.3) is 10.0 Å². The minimum absolute atomic E-state index is 0.0585. The lowest BCUT2D eigenvalue weighted by atomic mass is 10.1. The van der Waals surface area contributed by atoms with Gasteiger partial charge in [-0.25, -0.2) is 12.8 Å². The highest BCUT2D eigenvalue weighted by Gasteiger charge is 2.34. The molecule has 0 aromatic heterocycles. The molecule has 2 amide bonds. The summed E-state index contributed by atoms with van der Waals surface area (Å²) in [5.74, 6) is -0.777. The zero-order valence-electron chi connectivity index (χ0n) is 24.3. The Bertz CT molecular complexity index is 1470. The van der Waals surface area contributed by atoms with Gasteiger partial charge in [0, 0.05) is 12.6 Å². The third-order valence-electron chi connectivity index (χ3n) is 7.58. The van der Waals surface area contributed by atoms with Gasteiger partial charge in [0.15, 0.2) is 0 Å². The zero-order chi connectivity index (χ0) is 30.3.